The van der Waals surface area contributed by atoms with E-state index in [-0.39, 0.29) is 0 Å². The molecule has 0 aromatic heterocycles. The SMILES string of the molecule is COCCNCC1(c2ccc(C)c(C)c2)CC2(CC2)C1. The van der Waals surface area contributed by atoms with E-state index in [1.165, 1.54) is 36.8 Å². The van der Waals surface area contributed by atoms with Crippen LogP contribution in [0.4, 0.5) is 0 Å². The summed E-state index contributed by atoms with van der Waals surface area (Å²) in [5, 5.41) is 3.60. The van der Waals surface area contributed by atoms with E-state index in [1.54, 1.807) is 12.7 Å². The maximum absolute atomic E-state index is 5.14. The Kier molecular flexibility index (Phi) is 3.64. The van der Waals surface area contributed by atoms with Gasteiger partial charge in [0.1, 0.15) is 0 Å². The van der Waals surface area contributed by atoms with Crippen molar-refractivity contribution in [3.8, 4) is 0 Å². The van der Waals surface area contributed by atoms with E-state index in [1.807, 2.05) is 0 Å². The Bertz CT molecular complexity index is 482. The summed E-state index contributed by atoms with van der Waals surface area (Å²) in [5.41, 5.74) is 5.47. The van der Waals surface area contributed by atoms with Crippen molar-refractivity contribution >= 4 is 0 Å². The molecule has 2 nitrogen and oxygen atoms in total. The van der Waals surface area contributed by atoms with Crippen molar-refractivity contribution in [2.45, 2.75) is 44.9 Å². The minimum atomic E-state index is 0.378. The number of nitrogens with one attached hydrogen (secondary N) is 1. The second-order valence-electron chi connectivity index (χ2n) is 7.10. The van der Waals surface area contributed by atoms with Gasteiger partial charge in [-0.1, -0.05) is 18.2 Å². The van der Waals surface area contributed by atoms with Crippen LogP contribution in [0.3, 0.4) is 0 Å². The number of benzene rings is 1. The molecular weight excluding hydrogens is 246 g/mol. The van der Waals surface area contributed by atoms with Crippen molar-refractivity contribution in [1.82, 2.24) is 5.32 Å². The van der Waals surface area contributed by atoms with Crippen LogP contribution in [0.5, 0.6) is 0 Å². The molecule has 20 heavy (non-hydrogen) atoms. The molecule has 0 aliphatic heterocycles. The van der Waals surface area contributed by atoms with Crippen LogP contribution in [0.15, 0.2) is 18.2 Å². The molecule has 3 rings (SSSR count). The first-order chi connectivity index (χ1) is 9.59. The number of rotatable bonds is 6. The molecular formula is C18H27NO. The summed E-state index contributed by atoms with van der Waals surface area (Å²) in [6.45, 7) is 7.28. The van der Waals surface area contributed by atoms with Crippen LogP contribution in [0.2, 0.25) is 0 Å². The summed E-state index contributed by atoms with van der Waals surface area (Å²) in [7, 11) is 1.77. The first kappa shape index (κ1) is 14.1. The van der Waals surface area contributed by atoms with Crippen LogP contribution < -0.4 is 5.32 Å². The van der Waals surface area contributed by atoms with Crippen LogP contribution in [0, 0.1) is 19.3 Å². The van der Waals surface area contributed by atoms with Gasteiger partial charge in [-0.3, -0.25) is 0 Å². The Morgan fingerprint density at radius 1 is 1.15 bits per heavy atom. The molecule has 2 aliphatic carbocycles. The Balaban J connectivity index is 1.73. The van der Waals surface area contributed by atoms with Gasteiger partial charge in [0.25, 0.3) is 0 Å². The molecule has 1 N–H and O–H groups in total. The highest BCUT2D eigenvalue weighted by Gasteiger charge is 2.60. The van der Waals surface area contributed by atoms with Gasteiger partial charge >= 0.3 is 0 Å². The van der Waals surface area contributed by atoms with E-state index >= 15 is 0 Å². The molecule has 0 bridgehead atoms. The lowest BCUT2D eigenvalue weighted by Crippen LogP contribution is -2.50. The van der Waals surface area contributed by atoms with E-state index < -0.39 is 0 Å². The Hall–Kier alpha value is -0.860. The molecule has 0 radical (unpaired) electrons. The van der Waals surface area contributed by atoms with Crippen LogP contribution in [-0.4, -0.2) is 26.8 Å². The van der Waals surface area contributed by atoms with E-state index in [0.29, 0.717) is 5.41 Å². The Morgan fingerprint density at radius 2 is 1.90 bits per heavy atom. The zero-order valence-corrected chi connectivity index (χ0v) is 13.1. The first-order valence-electron chi connectivity index (χ1n) is 7.87. The Labute approximate surface area is 122 Å². The van der Waals surface area contributed by atoms with Gasteiger partial charge in [0.2, 0.25) is 0 Å². The minimum absolute atomic E-state index is 0.378. The Morgan fingerprint density at radius 3 is 2.50 bits per heavy atom. The molecule has 1 spiro atoms. The zero-order valence-electron chi connectivity index (χ0n) is 13.1. The maximum atomic E-state index is 5.14. The van der Waals surface area contributed by atoms with Crippen molar-refractivity contribution in [2.75, 3.05) is 26.8 Å². The van der Waals surface area contributed by atoms with Crippen LogP contribution >= 0.6 is 0 Å². The number of aryl methyl sites for hydroxylation is 2. The van der Waals surface area contributed by atoms with Crippen molar-refractivity contribution in [3.63, 3.8) is 0 Å². The zero-order chi connectivity index (χ0) is 14.2. The molecule has 2 heteroatoms. The second-order valence-corrected chi connectivity index (χ2v) is 7.10. The fraction of sp³-hybridized carbons (Fsp3) is 0.667. The third-order valence-corrected chi connectivity index (χ3v) is 5.45. The first-order valence-corrected chi connectivity index (χ1v) is 7.87. The highest BCUT2D eigenvalue weighted by atomic mass is 16.5. The van der Waals surface area contributed by atoms with E-state index in [4.69, 9.17) is 4.74 Å². The normalized spacial score (nSPS) is 21.8. The summed E-state index contributed by atoms with van der Waals surface area (Å²) < 4.78 is 5.14. The van der Waals surface area contributed by atoms with Gasteiger partial charge in [-0.25, -0.2) is 0 Å². The fourth-order valence-electron chi connectivity index (χ4n) is 3.92. The molecule has 0 saturated heterocycles. The molecule has 1 aromatic rings. The number of hydrogen-bond acceptors (Lipinski definition) is 2. The number of hydrogen-bond donors (Lipinski definition) is 1. The predicted octanol–water partition coefficient (Wildman–Crippen LogP) is 3.35. The van der Waals surface area contributed by atoms with Gasteiger partial charge in [-0.05, 0) is 61.6 Å². The van der Waals surface area contributed by atoms with Crippen molar-refractivity contribution in [2.24, 2.45) is 5.41 Å². The lowest BCUT2D eigenvalue weighted by Gasteiger charge is -2.50. The number of methoxy groups -OCH3 is 1. The summed E-state index contributed by atoms with van der Waals surface area (Å²) in [5.74, 6) is 0. The highest BCUT2D eigenvalue weighted by molar-refractivity contribution is 5.39. The van der Waals surface area contributed by atoms with E-state index in [9.17, 15) is 0 Å². The molecule has 0 heterocycles. The molecule has 2 fully saturated rings. The molecule has 2 aliphatic rings. The largest absolute Gasteiger partial charge is 0.383 e. The average Bonchev–Trinajstić information content (AvgIpc) is 3.17. The van der Waals surface area contributed by atoms with Gasteiger partial charge < -0.3 is 10.1 Å². The van der Waals surface area contributed by atoms with Crippen molar-refractivity contribution in [3.05, 3.63) is 34.9 Å². The van der Waals surface area contributed by atoms with Crippen molar-refractivity contribution in [1.29, 1.82) is 0 Å². The van der Waals surface area contributed by atoms with E-state index in [2.05, 4.69) is 37.4 Å². The highest BCUT2D eigenvalue weighted by Crippen LogP contribution is 2.68. The average molecular weight is 273 g/mol. The standard InChI is InChI=1S/C18H27NO/c1-14-4-5-16(10-15(14)2)18(13-19-8-9-20-3)11-17(12-18)6-7-17/h4-5,10,19H,6-9,11-13H2,1-3H3. The van der Waals surface area contributed by atoms with Crippen molar-refractivity contribution < 1.29 is 4.74 Å². The minimum Gasteiger partial charge on any atom is -0.383 e. The molecule has 2 saturated carbocycles. The monoisotopic (exact) mass is 273 g/mol. The van der Waals surface area contributed by atoms with Crippen LogP contribution in [0.25, 0.3) is 0 Å². The van der Waals surface area contributed by atoms with Gasteiger partial charge in [0.05, 0.1) is 6.61 Å². The molecule has 0 unspecified atom stereocenters. The molecule has 110 valence electrons. The number of ether oxygens (including phenoxy) is 1. The van der Waals surface area contributed by atoms with Gasteiger partial charge in [0.15, 0.2) is 0 Å². The van der Waals surface area contributed by atoms with Gasteiger partial charge in [0, 0.05) is 25.6 Å². The van der Waals surface area contributed by atoms with Gasteiger partial charge in [-0.2, -0.15) is 0 Å². The molecule has 0 amide bonds. The molecule has 1 aromatic carbocycles. The topological polar surface area (TPSA) is 21.3 Å². The third-order valence-electron chi connectivity index (χ3n) is 5.45. The van der Waals surface area contributed by atoms with Gasteiger partial charge in [-0.15, -0.1) is 0 Å². The summed E-state index contributed by atoms with van der Waals surface area (Å²) in [6, 6.07) is 7.07. The maximum Gasteiger partial charge on any atom is 0.0587 e. The van der Waals surface area contributed by atoms with Crippen LogP contribution in [-0.2, 0) is 10.2 Å². The van der Waals surface area contributed by atoms with Crippen LogP contribution in [0.1, 0.15) is 42.4 Å². The quantitative estimate of drug-likeness (QED) is 0.803. The fourth-order valence-corrected chi connectivity index (χ4v) is 3.92. The second kappa shape index (κ2) is 5.16. The predicted molar refractivity (Wildman–Crippen MR) is 83.2 cm³/mol. The summed E-state index contributed by atoms with van der Waals surface area (Å²) in [6.07, 6.45) is 5.67. The lowest BCUT2D eigenvalue weighted by atomic mass is 9.56. The summed E-state index contributed by atoms with van der Waals surface area (Å²) >= 11 is 0. The molecule has 0 atom stereocenters. The third kappa shape index (κ3) is 2.51. The lowest BCUT2D eigenvalue weighted by molar-refractivity contribution is 0.112. The smallest absolute Gasteiger partial charge is 0.0587 e. The van der Waals surface area contributed by atoms with E-state index in [0.717, 1.165) is 25.1 Å². The summed E-state index contributed by atoms with van der Waals surface area (Å²) in [4.78, 5) is 0.